The predicted octanol–water partition coefficient (Wildman–Crippen LogP) is 1.93. The van der Waals surface area contributed by atoms with Gasteiger partial charge in [0, 0.05) is 25.3 Å². The molecule has 0 aromatic carbocycles. The molecular weight excluding hydrogens is 340 g/mol. The molecule has 2 aromatic rings. The van der Waals surface area contributed by atoms with Crippen LogP contribution in [0.25, 0.3) is 0 Å². The van der Waals surface area contributed by atoms with Gasteiger partial charge in [0.1, 0.15) is 11.5 Å². The van der Waals surface area contributed by atoms with Gasteiger partial charge in [0.2, 0.25) is 0 Å². The van der Waals surface area contributed by atoms with Crippen molar-refractivity contribution in [3.63, 3.8) is 0 Å². The van der Waals surface area contributed by atoms with E-state index in [0.29, 0.717) is 6.54 Å². The SMILES string of the molecule is C[C@@H]1C[C@H](O)CCN1c1cnc2c(n1)CN=C2N1CCCc2ncccc21. The predicted molar refractivity (Wildman–Crippen MR) is 104 cm³/mol. The van der Waals surface area contributed by atoms with Crippen LogP contribution in [0.5, 0.6) is 0 Å². The second kappa shape index (κ2) is 6.56. The largest absolute Gasteiger partial charge is 0.393 e. The minimum Gasteiger partial charge on any atom is -0.393 e. The van der Waals surface area contributed by atoms with Crippen molar-refractivity contribution in [2.75, 3.05) is 22.9 Å². The summed E-state index contributed by atoms with van der Waals surface area (Å²) in [4.78, 5) is 23.4. The molecule has 0 unspecified atom stereocenters. The first-order valence-corrected chi connectivity index (χ1v) is 9.77. The van der Waals surface area contributed by atoms with Crippen molar-refractivity contribution in [1.82, 2.24) is 15.0 Å². The number of aliphatic imine (C=N–C) groups is 1. The molecule has 0 aliphatic carbocycles. The lowest BCUT2D eigenvalue weighted by atomic mass is 10.0. The normalized spacial score (nSPS) is 24.4. The topological polar surface area (TPSA) is 77.7 Å². The Balaban J connectivity index is 1.44. The number of hydrogen-bond acceptors (Lipinski definition) is 7. The van der Waals surface area contributed by atoms with E-state index in [1.807, 2.05) is 18.5 Å². The fraction of sp³-hybridized carbons (Fsp3) is 0.500. The molecule has 7 nitrogen and oxygen atoms in total. The van der Waals surface area contributed by atoms with Gasteiger partial charge in [-0.1, -0.05) is 0 Å². The zero-order chi connectivity index (χ0) is 18.4. The first-order chi connectivity index (χ1) is 13.2. The summed E-state index contributed by atoms with van der Waals surface area (Å²) >= 11 is 0. The number of piperidine rings is 1. The maximum atomic E-state index is 9.87. The monoisotopic (exact) mass is 364 g/mol. The Morgan fingerprint density at radius 3 is 3.00 bits per heavy atom. The Bertz CT molecular complexity index is 898. The number of nitrogens with zero attached hydrogens (tertiary/aromatic N) is 6. The van der Waals surface area contributed by atoms with E-state index in [2.05, 4.69) is 27.8 Å². The first-order valence-electron chi connectivity index (χ1n) is 9.77. The maximum Gasteiger partial charge on any atom is 0.156 e. The van der Waals surface area contributed by atoms with Gasteiger partial charge in [-0.15, -0.1) is 0 Å². The average Bonchev–Trinajstić information content (AvgIpc) is 3.10. The van der Waals surface area contributed by atoms with Crippen molar-refractivity contribution in [3.05, 3.63) is 41.6 Å². The highest BCUT2D eigenvalue weighted by Crippen LogP contribution is 2.30. The fourth-order valence-electron chi connectivity index (χ4n) is 4.39. The third-order valence-corrected chi connectivity index (χ3v) is 5.77. The number of anilines is 2. The summed E-state index contributed by atoms with van der Waals surface area (Å²) in [6.07, 6.45) is 7.15. The van der Waals surface area contributed by atoms with Crippen LogP contribution < -0.4 is 9.80 Å². The third kappa shape index (κ3) is 2.86. The van der Waals surface area contributed by atoms with Gasteiger partial charge in [0.05, 0.1) is 35.9 Å². The highest BCUT2D eigenvalue weighted by atomic mass is 16.3. The van der Waals surface area contributed by atoms with E-state index in [9.17, 15) is 5.11 Å². The van der Waals surface area contributed by atoms with Gasteiger partial charge in [-0.05, 0) is 44.7 Å². The number of fused-ring (bicyclic) bond motifs is 2. The highest BCUT2D eigenvalue weighted by Gasteiger charge is 2.31. The highest BCUT2D eigenvalue weighted by molar-refractivity contribution is 6.11. The van der Waals surface area contributed by atoms with E-state index in [0.717, 1.165) is 73.2 Å². The molecule has 3 aliphatic heterocycles. The molecule has 5 rings (SSSR count). The third-order valence-electron chi connectivity index (χ3n) is 5.77. The molecule has 0 bridgehead atoms. The summed E-state index contributed by atoms with van der Waals surface area (Å²) in [5.74, 6) is 1.81. The molecule has 27 heavy (non-hydrogen) atoms. The number of aryl methyl sites for hydroxylation is 1. The summed E-state index contributed by atoms with van der Waals surface area (Å²) in [7, 11) is 0. The van der Waals surface area contributed by atoms with E-state index in [-0.39, 0.29) is 12.1 Å². The number of aliphatic hydroxyl groups is 1. The summed E-state index contributed by atoms with van der Waals surface area (Å²) in [5.41, 5.74) is 4.10. The van der Waals surface area contributed by atoms with E-state index in [1.54, 1.807) is 0 Å². The molecule has 1 saturated heterocycles. The molecule has 3 aliphatic rings. The number of rotatable bonds is 1. The summed E-state index contributed by atoms with van der Waals surface area (Å²) < 4.78 is 0. The van der Waals surface area contributed by atoms with Crippen molar-refractivity contribution in [2.45, 2.75) is 51.3 Å². The minimum absolute atomic E-state index is 0.207. The van der Waals surface area contributed by atoms with Crippen molar-refractivity contribution >= 4 is 17.3 Å². The number of hydrogen-bond donors (Lipinski definition) is 1. The molecule has 2 atom stereocenters. The van der Waals surface area contributed by atoms with Gasteiger partial charge < -0.3 is 14.9 Å². The van der Waals surface area contributed by atoms with E-state index in [1.165, 1.54) is 0 Å². The van der Waals surface area contributed by atoms with Crippen LogP contribution in [0.2, 0.25) is 0 Å². The second-order valence-corrected chi connectivity index (χ2v) is 7.61. The quantitative estimate of drug-likeness (QED) is 0.833. The lowest BCUT2D eigenvalue weighted by Gasteiger charge is -2.36. The molecule has 5 heterocycles. The van der Waals surface area contributed by atoms with Crippen LogP contribution in [0.4, 0.5) is 11.5 Å². The van der Waals surface area contributed by atoms with Crippen LogP contribution in [0.1, 0.15) is 43.3 Å². The standard InChI is InChI=1S/C20H24N6O/c1-13-10-14(27)6-9-25(13)18-12-22-19-16(24-18)11-23-20(19)26-8-3-4-15-17(26)5-2-7-21-15/h2,5,7,12-14,27H,3-4,6,8-11H2,1H3/t13-,14-/m1/s1. The molecule has 0 radical (unpaired) electrons. The van der Waals surface area contributed by atoms with E-state index >= 15 is 0 Å². The van der Waals surface area contributed by atoms with Gasteiger partial charge >= 0.3 is 0 Å². The average molecular weight is 364 g/mol. The maximum absolute atomic E-state index is 9.87. The Labute approximate surface area is 158 Å². The van der Waals surface area contributed by atoms with Crippen molar-refractivity contribution in [3.8, 4) is 0 Å². The van der Waals surface area contributed by atoms with Gasteiger partial charge in [-0.3, -0.25) is 9.98 Å². The van der Waals surface area contributed by atoms with Crippen LogP contribution in [-0.2, 0) is 13.0 Å². The van der Waals surface area contributed by atoms with Crippen LogP contribution in [0.15, 0.2) is 29.5 Å². The van der Waals surface area contributed by atoms with Crippen LogP contribution in [-0.4, -0.2) is 51.1 Å². The molecule has 0 saturated carbocycles. The molecule has 2 aromatic heterocycles. The molecule has 7 heteroatoms. The Morgan fingerprint density at radius 2 is 2.11 bits per heavy atom. The molecule has 0 spiro atoms. The van der Waals surface area contributed by atoms with Crippen molar-refractivity contribution in [1.29, 1.82) is 0 Å². The summed E-state index contributed by atoms with van der Waals surface area (Å²) in [5, 5.41) is 9.87. The molecule has 140 valence electrons. The number of aromatic nitrogens is 3. The lowest BCUT2D eigenvalue weighted by Crippen LogP contribution is -2.43. The molecule has 1 N–H and O–H groups in total. The zero-order valence-electron chi connectivity index (χ0n) is 15.5. The Hall–Kier alpha value is -2.54. The smallest absolute Gasteiger partial charge is 0.156 e. The van der Waals surface area contributed by atoms with Gasteiger partial charge in [-0.25, -0.2) is 9.97 Å². The fourth-order valence-corrected chi connectivity index (χ4v) is 4.39. The van der Waals surface area contributed by atoms with E-state index in [4.69, 9.17) is 15.0 Å². The number of pyridine rings is 1. The van der Waals surface area contributed by atoms with Crippen LogP contribution >= 0.6 is 0 Å². The number of amidine groups is 1. The molecule has 1 fully saturated rings. The van der Waals surface area contributed by atoms with Crippen molar-refractivity contribution in [2.24, 2.45) is 4.99 Å². The summed E-state index contributed by atoms with van der Waals surface area (Å²) in [6, 6.07) is 4.36. The second-order valence-electron chi connectivity index (χ2n) is 7.61. The zero-order valence-corrected chi connectivity index (χ0v) is 15.5. The summed E-state index contributed by atoms with van der Waals surface area (Å²) in [6.45, 7) is 4.45. The first kappa shape index (κ1) is 16.6. The number of aliphatic hydroxyl groups excluding tert-OH is 1. The Morgan fingerprint density at radius 1 is 1.19 bits per heavy atom. The Kier molecular flexibility index (Phi) is 4.04. The lowest BCUT2D eigenvalue weighted by molar-refractivity contribution is 0.131. The van der Waals surface area contributed by atoms with Gasteiger partial charge in [0.15, 0.2) is 5.84 Å². The molecule has 0 amide bonds. The van der Waals surface area contributed by atoms with Gasteiger partial charge in [-0.2, -0.15) is 0 Å². The van der Waals surface area contributed by atoms with Gasteiger partial charge in [0.25, 0.3) is 0 Å². The van der Waals surface area contributed by atoms with Crippen molar-refractivity contribution < 1.29 is 5.11 Å². The van der Waals surface area contributed by atoms with E-state index < -0.39 is 0 Å². The van der Waals surface area contributed by atoms with Crippen LogP contribution in [0, 0.1) is 0 Å². The van der Waals surface area contributed by atoms with Crippen LogP contribution in [0.3, 0.4) is 0 Å². The minimum atomic E-state index is -0.207. The molecular formula is C20H24N6O.